The van der Waals surface area contributed by atoms with E-state index in [1.165, 1.54) is 42.4 Å². The largest absolute Gasteiger partial charge is 0.304 e. The van der Waals surface area contributed by atoms with E-state index in [2.05, 4.69) is 29.0 Å². The van der Waals surface area contributed by atoms with E-state index >= 15 is 0 Å². The maximum absolute atomic E-state index is 4.56. The molecule has 3 saturated heterocycles. The molecule has 0 aromatic carbocycles. The van der Waals surface area contributed by atoms with Crippen LogP contribution in [0.2, 0.25) is 0 Å². The topological polar surface area (TPSA) is 28.2 Å². The van der Waals surface area contributed by atoms with Crippen LogP contribution in [0.5, 0.6) is 0 Å². The predicted molar refractivity (Wildman–Crippen MR) is 76.0 cm³/mol. The summed E-state index contributed by atoms with van der Waals surface area (Å²) >= 11 is 1.86. The maximum Gasteiger partial charge on any atom is 0.109 e. The van der Waals surface area contributed by atoms with Crippen molar-refractivity contribution in [3.8, 4) is 0 Å². The molecule has 3 aliphatic heterocycles. The van der Waals surface area contributed by atoms with Gasteiger partial charge in [0.25, 0.3) is 0 Å². The molecule has 3 nitrogen and oxygen atoms in total. The highest BCUT2D eigenvalue weighted by Crippen LogP contribution is 2.30. The molecule has 1 aromatic rings. The number of aryl methyl sites for hydroxylation is 1. The van der Waals surface area contributed by atoms with Crippen molar-refractivity contribution >= 4 is 11.3 Å². The fraction of sp³-hybridized carbons (Fsp3) is 0.786. The molecule has 2 bridgehead atoms. The van der Waals surface area contributed by atoms with Crippen LogP contribution in [0.4, 0.5) is 0 Å². The van der Waals surface area contributed by atoms with E-state index in [0.29, 0.717) is 12.1 Å². The second kappa shape index (κ2) is 5.27. The molecule has 4 heterocycles. The number of aromatic nitrogens is 1. The van der Waals surface area contributed by atoms with E-state index in [9.17, 15) is 0 Å². The van der Waals surface area contributed by atoms with Crippen LogP contribution in [0, 0.1) is 5.92 Å². The van der Waals surface area contributed by atoms with E-state index in [1.807, 2.05) is 17.5 Å². The number of fused-ring (bicyclic) bond motifs is 3. The zero-order chi connectivity index (χ0) is 12.5. The van der Waals surface area contributed by atoms with Gasteiger partial charge in [0.05, 0.1) is 6.04 Å². The lowest BCUT2D eigenvalue weighted by atomic mass is 9.84. The zero-order valence-electron chi connectivity index (χ0n) is 11.4. The molecule has 0 spiro atoms. The second-order valence-corrected chi connectivity index (χ2v) is 6.80. The van der Waals surface area contributed by atoms with Crippen LogP contribution in [0.1, 0.15) is 42.6 Å². The number of thiazole rings is 1. The van der Waals surface area contributed by atoms with Gasteiger partial charge in [0.1, 0.15) is 5.01 Å². The summed E-state index contributed by atoms with van der Waals surface area (Å²) in [7, 11) is 0. The van der Waals surface area contributed by atoms with Crippen molar-refractivity contribution in [1.82, 2.24) is 15.2 Å². The lowest BCUT2D eigenvalue weighted by molar-refractivity contribution is 0.0680. The van der Waals surface area contributed by atoms with Gasteiger partial charge in [-0.2, -0.15) is 0 Å². The molecule has 0 aliphatic carbocycles. The van der Waals surface area contributed by atoms with Crippen molar-refractivity contribution in [1.29, 1.82) is 0 Å². The highest BCUT2D eigenvalue weighted by atomic mass is 32.1. The number of rotatable bonds is 4. The maximum atomic E-state index is 4.56. The van der Waals surface area contributed by atoms with E-state index in [0.717, 1.165) is 12.3 Å². The quantitative estimate of drug-likeness (QED) is 0.906. The minimum atomic E-state index is 0.404. The highest BCUT2D eigenvalue weighted by molar-refractivity contribution is 7.11. The molecule has 18 heavy (non-hydrogen) atoms. The van der Waals surface area contributed by atoms with Gasteiger partial charge < -0.3 is 10.2 Å². The van der Waals surface area contributed by atoms with Crippen molar-refractivity contribution < 1.29 is 0 Å². The summed E-state index contributed by atoms with van der Waals surface area (Å²) in [5.41, 5.74) is 0. The molecule has 0 radical (unpaired) electrons. The molecule has 0 saturated carbocycles. The summed E-state index contributed by atoms with van der Waals surface area (Å²) in [5.74, 6) is 0.892. The Bertz CT molecular complexity index is 395. The second-order valence-electron chi connectivity index (χ2n) is 5.65. The van der Waals surface area contributed by atoms with Gasteiger partial charge in [0.2, 0.25) is 0 Å². The first-order chi connectivity index (χ1) is 8.76. The molecular formula is C14H23N3S. The van der Waals surface area contributed by atoms with E-state index < -0.39 is 0 Å². The lowest BCUT2D eigenvalue weighted by Gasteiger charge is -2.45. The Morgan fingerprint density at radius 3 is 2.83 bits per heavy atom. The lowest BCUT2D eigenvalue weighted by Crippen LogP contribution is -2.56. The number of piperidine rings is 3. The van der Waals surface area contributed by atoms with Gasteiger partial charge in [-0.15, -0.1) is 11.3 Å². The summed E-state index contributed by atoms with van der Waals surface area (Å²) in [4.78, 5) is 8.55. The van der Waals surface area contributed by atoms with Gasteiger partial charge in [-0.05, 0) is 45.2 Å². The average molecular weight is 265 g/mol. The van der Waals surface area contributed by atoms with Crippen LogP contribution in [-0.2, 0) is 6.42 Å². The molecule has 2 unspecified atom stereocenters. The number of nitrogens with one attached hydrogen (secondary N) is 1. The molecule has 0 amide bonds. The van der Waals surface area contributed by atoms with Crippen LogP contribution in [-0.4, -0.2) is 35.6 Å². The van der Waals surface area contributed by atoms with Crippen LogP contribution < -0.4 is 5.32 Å². The summed E-state index contributed by atoms with van der Waals surface area (Å²) in [6.45, 7) is 8.32. The molecule has 2 atom stereocenters. The molecule has 1 N–H and O–H groups in total. The Morgan fingerprint density at radius 2 is 2.28 bits per heavy atom. The van der Waals surface area contributed by atoms with Gasteiger partial charge in [0, 0.05) is 23.7 Å². The minimum absolute atomic E-state index is 0.404. The number of hydrogen-bond acceptors (Lipinski definition) is 4. The third-order valence-corrected chi connectivity index (χ3v) is 5.73. The number of nitrogens with zero attached hydrogens (tertiary/aromatic N) is 2. The molecule has 3 fully saturated rings. The first-order valence-electron chi connectivity index (χ1n) is 7.19. The molecule has 4 heteroatoms. The third-order valence-electron chi connectivity index (χ3n) is 4.41. The van der Waals surface area contributed by atoms with Crippen molar-refractivity contribution in [3.05, 3.63) is 16.1 Å². The normalized spacial score (nSPS) is 32.7. The molecular weight excluding hydrogens is 242 g/mol. The van der Waals surface area contributed by atoms with E-state index in [4.69, 9.17) is 0 Å². The third kappa shape index (κ3) is 2.46. The van der Waals surface area contributed by atoms with Gasteiger partial charge in [-0.1, -0.05) is 6.92 Å². The van der Waals surface area contributed by atoms with Crippen LogP contribution in [0.3, 0.4) is 0 Å². The standard InChI is InChI=1S/C14H23N3S/c1-3-12-8-15-14(18-12)10(2)16-13-9-17-6-4-11(13)5-7-17/h8,10-11,13,16H,3-7,9H2,1-2H3. The van der Waals surface area contributed by atoms with Crippen LogP contribution >= 0.6 is 11.3 Å². The Balaban J connectivity index is 1.62. The van der Waals surface area contributed by atoms with Crippen molar-refractivity contribution in [2.45, 2.75) is 45.2 Å². The zero-order valence-corrected chi connectivity index (χ0v) is 12.2. The summed E-state index contributed by atoms with van der Waals surface area (Å²) in [6, 6.07) is 1.08. The Kier molecular flexibility index (Phi) is 3.68. The first kappa shape index (κ1) is 12.6. The van der Waals surface area contributed by atoms with Crippen LogP contribution in [0.15, 0.2) is 6.20 Å². The van der Waals surface area contributed by atoms with Crippen LogP contribution in [0.25, 0.3) is 0 Å². The SMILES string of the molecule is CCc1cnc(C(C)NC2CN3CCC2CC3)s1. The summed E-state index contributed by atoms with van der Waals surface area (Å²) < 4.78 is 0. The Morgan fingerprint density at radius 1 is 1.50 bits per heavy atom. The fourth-order valence-corrected chi connectivity index (χ4v) is 4.10. The van der Waals surface area contributed by atoms with Gasteiger partial charge in [0.15, 0.2) is 0 Å². The Hall–Kier alpha value is -0.450. The van der Waals surface area contributed by atoms with Gasteiger partial charge in [-0.25, -0.2) is 4.98 Å². The monoisotopic (exact) mass is 265 g/mol. The minimum Gasteiger partial charge on any atom is -0.304 e. The van der Waals surface area contributed by atoms with Crippen molar-refractivity contribution in [2.75, 3.05) is 19.6 Å². The molecule has 3 aliphatic rings. The summed E-state index contributed by atoms with van der Waals surface area (Å²) in [5, 5.41) is 5.06. The van der Waals surface area contributed by atoms with Crippen molar-refractivity contribution in [2.24, 2.45) is 5.92 Å². The van der Waals surface area contributed by atoms with Crippen molar-refractivity contribution in [3.63, 3.8) is 0 Å². The highest BCUT2D eigenvalue weighted by Gasteiger charge is 2.34. The molecule has 1 aromatic heterocycles. The van der Waals surface area contributed by atoms with Gasteiger partial charge >= 0.3 is 0 Å². The number of hydrogen-bond donors (Lipinski definition) is 1. The predicted octanol–water partition coefficient (Wildman–Crippen LogP) is 2.45. The summed E-state index contributed by atoms with van der Waals surface area (Å²) in [6.07, 6.45) is 5.89. The van der Waals surface area contributed by atoms with Gasteiger partial charge in [-0.3, -0.25) is 0 Å². The van der Waals surface area contributed by atoms with E-state index in [-0.39, 0.29) is 0 Å². The average Bonchev–Trinajstić information content (AvgIpc) is 2.89. The Labute approximate surface area is 114 Å². The van der Waals surface area contributed by atoms with E-state index in [1.54, 1.807) is 0 Å². The smallest absolute Gasteiger partial charge is 0.109 e. The molecule has 100 valence electrons. The first-order valence-corrected chi connectivity index (χ1v) is 8.01. The fourth-order valence-electron chi connectivity index (χ4n) is 3.23. The molecule has 4 rings (SSSR count).